The van der Waals surface area contributed by atoms with E-state index in [1.807, 2.05) is 24.5 Å². The van der Waals surface area contributed by atoms with Crippen molar-refractivity contribution in [3.8, 4) is 11.1 Å². The fraction of sp³-hybridized carbons (Fsp3) is 0.357. The van der Waals surface area contributed by atoms with E-state index in [0.29, 0.717) is 12.5 Å². The van der Waals surface area contributed by atoms with Crippen LogP contribution in [0.3, 0.4) is 0 Å². The first kappa shape index (κ1) is 13.4. The van der Waals surface area contributed by atoms with Crippen molar-refractivity contribution < 1.29 is 0 Å². The van der Waals surface area contributed by atoms with E-state index in [-0.39, 0.29) is 5.54 Å². The first-order valence-corrected chi connectivity index (χ1v) is 6.31. The fourth-order valence-corrected chi connectivity index (χ4v) is 1.81. The first-order chi connectivity index (χ1) is 9.11. The summed E-state index contributed by atoms with van der Waals surface area (Å²) in [5.41, 5.74) is 7.51. The Morgan fingerprint density at radius 2 is 1.74 bits per heavy atom. The predicted octanol–water partition coefficient (Wildman–Crippen LogP) is 2.08. The third-order valence-electron chi connectivity index (χ3n) is 2.89. The van der Waals surface area contributed by atoms with Crippen LogP contribution >= 0.6 is 0 Å². The maximum atomic E-state index is 5.58. The number of nitrogens with two attached hydrogens (primary N) is 1. The zero-order valence-corrected chi connectivity index (χ0v) is 11.3. The molecule has 0 atom stereocenters. The van der Waals surface area contributed by atoms with Gasteiger partial charge in [-0.15, -0.1) is 0 Å². The lowest BCUT2D eigenvalue weighted by Crippen LogP contribution is -2.34. The molecule has 2 aromatic heterocycles. The van der Waals surface area contributed by atoms with E-state index in [9.17, 15) is 0 Å². The van der Waals surface area contributed by atoms with Gasteiger partial charge in [0.25, 0.3) is 0 Å². The molecule has 2 aromatic rings. The Hall–Kier alpha value is -2.01. The van der Waals surface area contributed by atoms with E-state index in [1.54, 1.807) is 12.4 Å². The highest BCUT2D eigenvalue weighted by Crippen LogP contribution is 2.18. The van der Waals surface area contributed by atoms with Crippen molar-refractivity contribution in [1.82, 2.24) is 15.0 Å². The molecule has 0 amide bonds. The number of aromatic nitrogens is 3. The van der Waals surface area contributed by atoms with E-state index in [2.05, 4.69) is 34.1 Å². The molecule has 0 aromatic carbocycles. The van der Waals surface area contributed by atoms with Crippen LogP contribution in [0, 0.1) is 0 Å². The Morgan fingerprint density at radius 1 is 1.11 bits per heavy atom. The molecular weight excluding hydrogens is 238 g/mol. The monoisotopic (exact) mass is 257 g/mol. The van der Waals surface area contributed by atoms with Crippen molar-refractivity contribution in [3.63, 3.8) is 0 Å². The second-order valence-corrected chi connectivity index (χ2v) is 5.08. The van der Waals surface area contributed by atoms with Crippen molar-refractivity contribution >= 4 is 5.95 Å². The van der Waals surface area contributed by atoms with Crippen LogP contribution in [0.5, 0.6) is 0 Å². The van der Waals surface area contributed by atoms with E-state index < -0.39 is 0 Å². The van der Waals surface area contributed by atoms with Crippen molar-refractivity contribution in [3.05, 3.63) is 36.9 Å². The summed E-state index contributed by atoms with van der Waals surface area (Å²) in [6, 6.07) is 3.87. The summed E-state index contributed by atoms with van der Waals surface area (Å²) in [6.45, 7) is 4.80. The number of pyridine rings is 1. The molecule has 0 bridgehead atoms. The molecule has 2 heterocycles. The van der Waals surface area contributed by atoms with Gasteiger partial charge in [0, 0.05) is 35.9 Å². The number of hydrogen-bond acceptors (Lipinski definition) is 5. The van der Waals surface area contributed by atoms with Crippen molar-refractivity contribution in [2.75, 3.05) is 11.9 Å². The van der Waals surface area contributed by atoms with Gasteiger partial charge in [0.1, 0.15) is 0 Å². The highest BCUT2D eigenvalue weighted by atomic mass is 15.1. The van der Waals surface area contributed by atoms with Gasteiger partial charge in [-0.3, -0.25) is 4.98 Å². The van der Waals surface area contributed by atoms with Gasteiger partial charge in [0.2, 0.25) is 5.95 Å². The van der Waals surface area contributed by atoms with Crippen LogP contribution in [-0.4, -0.2) is 27.0 Å². The van der Waals surface area contributed by atoms with Crippen molar-refractivity contribution in [1.29, 1.82) is 0 Å². The largest absolute Gasteiger partial charge is 0.349 e. The van der Waals surface area contributed by atoms with Gasteiger partial charge in [-0.2, -0.15) is 0 Å². The number of nitrogens with zero attached hydrogens (tertiary/aromatic N) is 3. The summed E-state index contributed by atoms with van der Waals surface area (Å²) in [4.78, 5) is 12.7. The molecule has 0 spiro atoms. The lowest BCUT2D eigenvalue weighted by molar-refractivity contribution is 0.522. The zero-order chi connectivity index (χ0) is 13.7. The molecule has 100 valence electrons. The second-order valence-electron chi connectivity index (χ2n) is 5.08. The van der Waals surface area contributed by atoms with Crippen LogP contribution in [0.15, 0.2) is 36.9 Å². The average molecular weight is 257 g/mol. The lowest BCUT2D eigenvalue weighted by atomic mass is 10.0. The molecule has 0 aliphatic rings. The van der Waals surface area contributed by atoms with Gasteiger partial charge in [-0.25, -0.2) is 9.97 Å². The summed E-state index contributed by atoms with van der Waals surface area (Å²) >= 11 is 0. The summed E-state index contributed by atoms with van der Waals surface area (Å²) < 4.78 is 0. The smallest absolute Gasteiger partial charge is 0.223 e. The van der Waals surface area contributed by atoms with Crippen LogP contribution in [0.2, 0.25) is 0 Å². The minimum Gasteiger partial charge on any atom is -0.349 e. The van der Waals surface area contributed by atoms with Crippen LogP contribution < -0.4 is 11.1 Å². The topological polar surface area (TPSA) is 76.7 Å². The highest BCUT2D eigenvalue weighted by Gasteiger charge is 2.17. The normalized spacial score (nSPS) is 11.3. The van der Waals surface area contributed by atoms with Crippen LogP contribution in [0.4, 0.5) is 5.95 Å². The van der Waals surface area contributed by atoms with Gasteiger partial charge >= 0.3 is 0 Å². The maximum Gasteiger partial charge on any atom is 0.223 e. The minimum absolute atomic E-state index is 0.104. The summed E-state index contributed by atoms with van der Waals surface area (Å²) in [7, 11) is 0. The summed E-state index contributed by atoms with van der Waals surface area (Å²) in [5, 5.41) is 3.28. The van der Waals surface area contributed by atoms with Gasteiger partial charge < -0.3 is 11.1 Å². The van der Waals surface area contributed by atoms with E-state index in [1.165, 1.54) is 0 Å². The maximum absolute atomic E-state index is 5.58. The zero-order valence-electron chi connectivity index (χ0n) is 11.3. The van der Waals surface area contributed by atoms with E-state index in [4.69, 9.17) is 5.73 Å². The molecule has 0 fully saturated rings. The number of nitrogens with one attached hydrogen (secondary N) is 1. The van der Waals surface area contributed by atoms with Gasteiger partial charge in [-0.1, -0.05) is 0 Å². The van der Waals surface area contributed by atoms with E-state index in [0.717, 1.165) is 17.5 Å². The van der Waals surface area contributed by atoms with Gasteiger partial charge in [-0.05, 0) is 44.5 Å². The van der Waals surface area contributed by atoms with Crippen LogP contribution in [0.25, 0.3) is 11.1 Å². The molecule has 0 aliphatic heterocycles. The summed E-state index contributed by atoms with van der Waals surface area (Å²) in [6.07, 6.45) is 7.99. The summed E-state index contributed by atoms with van der Waals surface area (Å²) in [5.74, 6) is 0.622. The number of anilines is 1. The molecule has 3 N–H and O–H groups in total. The molecule has 0 unspecified atom stereocenters. The quantitative estimate of drug-likeness (QED) is 0.857. The third kappa shape index (κ3) is 3.72. The molecule has 19 heavy (non-hydrogen) atoms. The Bertz CT molecular complexity index is 507. The first-order valence-electron chi connectivity index (χ1n) is 6.31. The van der Waals surface area contributed by atoms with Crippen LogP contribution in [-0.2, 0) is 0 Å². The van der Waals surface area contributed by atoms with Crippen molar-refractivity contribution in [2.24, 2.45) is 5.73 Å². The lowest BCUT2D eigenvalue weighted by Gasteiger charge is -2.25. The molecule has 5 nitrogen and oxygen atoms in total. The Kier molecular flexibility index (Phi) is 4.06. The Morgan fingerprint density at radius 3 is 2.32 bits per heavy atom. The van der Waals surface area contributed by atoms with E-state index >= 15 is 0 Å². The minimum atomic E-state index is -0.104. The highest BCUT2D eigenvalue weighted by molar-refractivity contribution is 5.61. The van der Waals surface area contributed by atoms with Crippen LogP contribution in [0.1, 0.15) is 20.3 Å². The Balaban J connectivity index is 2.11. The molecular formula is C14H19N5. The average Bonchev–Trinajstić information content (AvgIpc) is 2.40. The molecule has 0 saturated heterocycles. The molecule has 0 aliphatic carbocycles. The second kappa shape index (κ2) is 5.75. The standard InChI is InChI=1S/C14H19N5/c1-14(2,5-6-15)19-13-17-9-12(10-18-13)11-3-7-16-8-4-11/h3-4,7-10H,5-6,15H2,1-2H3,(H,17,18,19). The van der Waals surface area contributed by atoms with Gasteiger partial charge in [0.15, 0.2) is 0 Å². The predicted molar refractivity (Wildman–Crippen MR) is 76.6 cm³/mol. The molecule has 5 heteroatoms. The molecule has 0 radical (unpaired) electrons. The van der Waals surface area contributed by atoms with Crippen molar-refractivity contribution in [2.45, 2.75) is 25.8 Å². The van der Waals surface area contributed by atoms with Gasteiger partial charge in [0.05, 0.1) is 0 Å². The third-order valence-corrected chi connectivity index (χ3v) is 2.89. The Labute approximate surface area is 113 Å². The number of rotatable bonds is 5. The fourth-order valence-electron chi connectivity index (χ4n) is 1.81. The number of hydrogen-bond donors (Lipinski definition) is 2. The molecule has 0 saturated carbocycles. The molecule has 2 rings (SSSR count). The SMILES string of the molecule is CC(C)(CCN)Nc1ncc(-c2ccncc2)cn1.